The lowest BCUT2D eigenvalue weighted by molar-refractivity contribution is -0.159. The number of hydrogen-bond donors (Lipinski definition) is 2. The van der Waals surface area contributed by atoms with Crippen LogP contribution in [0.2, 0.25) is 5.02 Å². The molecule has 10 heteroatoms. The number of sulfonamides is 1. The average Bonchev–Trinajstić information content (AvgIpc) is 2.69. The first kappa shape index (κ1) is 23.6. The van der Waals surface area contributed by atoms with Crippen molar-refractivity contribution >= 4 is 33.6 Å². The second kappa shape index (κ2) is 10.4. The Hall–Kier alpha value is -1.68. The molecular formula is C19H27ClN2O6S. The molecule has 1 aliphatic heterocycles. The van der Waals surface area contributed by atoms with Crippen LogP contribution in [0.25, 0.3) is 0 Å². The second-order valence-electron chi connectivity index (χ2n) is 7.42. The quantitative estimate of drug-likeness (QED) is 0.685. The topological polar surface area (TPSA) is 115 Å². The van der Waals surface area contributed by atoms with Gasteiger partial charge in [-0.1, -0.05) is 18.5 Å². The van der Waals surface area contributed by atoms with Crippen LogP contribution in [0.1, 0.15) is 32.6 Å². The Morgan fingerprint density at radius 3 is 1.86 bits per heavy atom. The van der Waals surface area contributed by atoms with Gasteiger partial charge in [0.05, 0.1) is 4.90 Å². The van der Waals surface area contributed by atoms with E-state index < -0.39 is 22.0 Å². The summed E-state index contributed by atoms with van der Waals surface area (Å²) in [6.45, 7) is 5.17. The van der Waals surface area contributed by atoms with Crippen molar-refractivity contribution in [3.05, 3.63) is 29.3 Å². The fourth-order valence-electron chi connectivity index (χ4n) is 3.67. The Morgan fingerprint density at radius 1 is 0.931 bits per heavy atom. The highest BCUT2D eigenvalue weighted by Gasteiger charge is 2.32. The van der Waals surface area contributed by atoms with E-state index in [2.05, 4.69) is 11.8 Å². The standard InChI is InChI=1S/C17H25ClN2O2S.C2H2O4/c1-14-2-6-16(7-3-14)19-10-12-20(13-11-19)23(21,22)17-8-4-15(18)5-9-17;3-1(4)2(5)6/h4-5,8-9,14,16H,2-3,6-7,10-13H2,1H3;(H,3,4)(H,5,6). The highest BCUT2D eigenvalue weighted by molar-refractivity contribution is 7.89. The predicted molar refractivity (Wildman–Crippen MR) is 108 cm³/mol. The molecule has 1 heterocycles. The molecule has 0 unspecified atom stereocenters. The van der Waals surface area contributed by atoms with E-state index in [0.717, 1.165) is 19.0 Å². The Labute approximate surface area is 176 Å². The largest absolute Gasteiger partial charge is 0.473 e. The van der Waals surface area contributed by atoms with Gasteiger partial charge in [-0.05, 0) is 55.9 Å². The maximum Gasteiger partial charge on any atom is 0.414 e. The van der Waals surface area contributed by atoms with Gasteiger partial charge >= 0.3 is 11.9 Å². The van der Waals surface area contributed by atoms with Gasteiger partial charge in [-0.25, -0.2) is 18.0 Å². The summed E-state index contributed by atoms with van der Waals surface area (Å²) in [7, 11) is -3.39. The Balaban J connectivity index is 0.000000438. The van der Waals surface area contributed by atoms with Crippen LogP contribution in [-0.4, -0.2) is 72.0 Å². The van der Waals surface area contributed by atoms with E-state index in [-0.39, 0.29) is 0 Å². The zero-order valence-corrected chi connectivity index (χ0v) is 17.9. The van der Waals surface area contributed by atoms with Gasteiger partial charge in [0.2, 0.25) is 10.0 Å². The van der Waals surface area contributed by atoms with Crippen molar-refractivity contribution in [3.8, 4) is 0 Å². The molecule has 0 amide bonds. The first-order chi connectivity index (χ1) is 13.6. The number of carboxylic acids is 2. The molecule has 1 saturated carbocycles. The molecular weight excluding hydrogens is 420 g/mol. The van der Waals surface area contributed by atoms with Crippen LogP contribution in [0, 0.1) is 5.92 Å². The molecule has 1 aliphatic carbocycles. The van der Waals surface area contributed by atoms with Crippen molar-refractivity contribution < 1.29 is 28.2 Å². The van der Waals surface area contributed by atoms with Gasteiger partial charge in [0, 0.05) is 37.2 Å². The monoisotopic (exact) mass is 446 g/mol. The lowest BCUT2D eigenvalue weighted by atomic mass is 9.86. The average molecular weight is 447 g/mol. The number of aliphatic carboxylic acids is 2. The number of halogens is 1. The number of nitrogens with zero attached hydrogens (tertiary/aromatic N) is 2. The molecule has 29 heavy (non-hydrogen) atoms. The van der Waals surface area contributed by atoms with Gasteiger partial charge in [0.1, 0.15) is 0 Å². The summed E-state index contributed by atoms with van der Waals surface area (Å²) < 4.78 is 27.0. The molecule has 0 spiro atoms. The van der Waals surface area contributed by atoms with Crippen molar-refractivity contribution in [2.45, 2.75) is 43.5 Å². The fourth-order valence-corrected chi connectivity index (χ4v) is 5.22. The maximum atomic E-state index is 12.7. The molecule has 3 rings (SSSR count). The van der Waals surface area contributed by atoms with Gasteiger partial charge in [0.15, 0.2) is 0 Å². The summed E-state index contributed by atoms with van der Waals surface area (Å²) in [5.74, 6) is -2.80. The predicted octanol–water partition coefficient (Wildman–Crippen LogP) is 2.38. The Kier molecular flexibility index (Phi) is 8.45. The van der Waals surface area contributed by atoms with E-state index in [0.29, 0.717) is 29.0 Å². The lowest BCUT2D eigenvalue weighted by Crippen LogP contribution is -2.52. The van der Waals surface area contributed by atoms with Crippen molar-refractivity contribution in [2.24, 2.45) is 5.92 Å². The van der Waals surface area contributed by atoms with Gasteiger partial charge in [-0.2, -0.15) is 4.31 Å². The third-order valence-electron chi connectivity index (χ3n) is 5.41. The molecule has 8 nitrogen and oxygen atoms in total. The number of carbonyl (C=O) groups is 2. The van der Waals surface area contributed by atoms with Gasteiger partial charge < -0.3 is 10.2 Å². The number of carboxylic acid groups (broad SMARTS) is 2. The van der Waals surface area contributed by atoms with E-state index in [9.17, 15) is 8.42 Å². The lowest BCUT2D eigenvalue weighted by Gasteiger charge is -2.41. The molecule has 0 radical (unpaired) electrons. The molecule has 0 atom stereocenters. The third kappa shape index (κ3) is 6.67. The molecule has 2 N–H and O–H groups in total. The summed E-state index contributed by atoms with van der Waals surface area (Å²) >= 11 is 5.85. The number of benzene rings is 1. The fraction of sp³-hybridized carbons (Fsp3) is 0.579. The summed E-state index contributed by atoms with van der Waals surface area (Å²) in [5.41, 5.74) is 0. The van der Waals surface area contributed by atoms with Gasteiger partial charge in [0.25, 0.3) is 0 Å². The van der Waals surface area contributed by atoms with Crippen LogP contribution in [0.15, 0.2) is 29.2 Å². The second-order valence-corrected chi connectivity index (χ2v) is 9.79. The van der Waals surface area contributed by atoms with Crippen LogP contribution in [0.3, 0.4) is 0 Å². The summed E-state index contributed by atoms with van der Waals surface area (Å²) in [6, 6.07) is 7.09. The normalized spacial score (nSPS) is 23.7. The summed E-state index contributed by atoms with van der Waals surface area (Å²) in [4.78, 5) is 21.0. The molecule has 1 saturated heterocycles. The molecule has 1 aromatic rings. The zero-order chi connectivity index (χ0) is 21.6. The number of rotatable bonds is 3. The van der Waals surface area contributed by atoms with E-state index in [1.165, 1.54) is 25.7 Å². The first-order valence-corrected chi connectivity index (χ1v) is 11.4. The molecule has 2 fully saturated rings. The van der Waals surface area contributed by atoms with Crippen LogP contribution in [-0.2, 0) is 19.6 Å². The molecule has 0 bridgehead atoms. The van der Waals surface area contributed by atoms with Crippen LogP contribution in [0.5, 0.6) is 0 Å². The highest BCUT2D eigenvalue weighted by atomic mass is 35.5. The zero-order valence-electron chi connectivity index (χ0n) is 16.3. The Bertz CT molecular complexity index is 786. The van der Waals surface area contributed by atoms with Crippen LogP contribution in [0.4, 0.5) is 0 Å². The number of piperazine rings is 1. The highest BCUT2D eigenvalue weighted by Crippen LogP contribution is 2.28. The summed E-state index contributed by atoms with van der Waals surface area (Å²) in [5, 5.41) is 15.3. The SMILES string of the molecule is CC1CCC(N2CCN(S(=O)(=O)c3ccc(Cl)cc3)CC2)CC1.O=C(O)C(=O)O. The number of hydrogen-bond acceptors (Lipinski definition) is 5. The molecule has 0 aromatic heterocycles. The van der Waals surface area contributed by atoms with Crippen molar-refractivity contribution in [2.75, 3.05) is 26.2 Å². The van der Waals surface area contributed by atoms with E-state index in [1.54, 1.807) is 28.6 Å². The first-order valence-electron chi connectivity index (χ1n) is 9.57. The Morgan fingerprint density at radius 2 is 1.41 bits per heavy atom. The minimum absolute atomic E-state index is 0.335. The molecule has 2 aliphatic rings. The molecule has 1 aromatic carbocycles. The van der Waals surface area contributed by atoms with E-state index in [4.69, 9.17) is 31.4 Å². The maximum absolute atomic E-state index is 12.7. The van der Waals surface area contributed by atoms with E-state index in [1.807, 2.05) is 0 Å². The third-order valence-corrected chi connectivity index (χ3v) is 7.57. The van der Waals surface area contributed by atoms with Crippen molar-refractivity contribution in [1.29, 1.82) is 0 Å². The van der Waals surface area contributed by atoms with Crippen LogP contribution < -0.4 is 0 Å². The smallest absolute Gasteiger partial charge is 0.414 e. The van der Waals surface area contributed by atoms with E-state index >= 15 is 0 Å². The van der Waals surface area contributed by atoms with Gasteiger partial charge in [-0.15, -0.1) is 0 Å². The van der Waals surface area contributed by atoms with Crippen molar-refractivity contribution in [3.63, 3.8) is 0 Å². The van der Waals surface area contributed by atoms with Gasteiger partial charge in [-0.3, -0.25) is 4.90 Å². The minimum atomic E-state index is -3.39. The van der Waals surface area contributed by atoms with Crippen LogP contribution >= 0.6 is 11.6 Å². The minimum Gasteiger partial charge on any atom is -0.473 e. The summed E-state index contributed by atoms with van der Waals surface area (Å²) in [6.07, 6.45) is 5.11. The molecule has 162 valence electrons. The van der Waals surface area contributed by atoms with Crippen molar-refractivity contribution in [1.82, 2.24) is 9.21 Å².